The summed E-state index contributed by atoms with van der Waals surface area (Å²) in [7, 11) is 3.17. The Morgan fingerprint density at radius 3 is 1.97 bits per heavy atom. The van der Waals surface area contributed by atoms with E-state index in [1.54, 1.807) is 14.2 Å². The highest BCUT2D eigenvalue weighted by atomic mass is 16.5. The lowest BCUT2D eigenvalue weighted by atomic mass is 9.98. The van der Waals surface area contributed by atoms with E-state index in [9.17, 15) is 14.7 Å². The van der Waals surface area contributed by atoms with Gasteiger partial charge in [0.2, 0.25) is 0 Å². The molecule has 39 heavy (non-hydrogen) atoms. The number of methoxy groups -OCH3 is 2. The zero-order valence-electron chi connectivity index (χ0n) is 21.7. The third-order valence-electron chi connectivity index (χ3n) is 7.04. The fourth-order valence-electron chi connectivity index (χ4n) is 5.07. The summed E-state index contributed by atoms with van der Waals surface area (Å²) in [5, 5.41) is 12.3. The summed E-state index contributed by atoms with van der Waals surface area (Å²) in [5.41, 5.74) is 7.09. The summed E-state index contributed by atoms with van der Waals surface area (Å²) < 4.78 is 16.2. The van der Waals surface area contributed by atoms with E-state index in [1.807, 2.05) is 78.9 Å². The van der Waals surface area contributed by atoms with Crippen LogP contribution in [0.15, 0.2) is 91.0 Å². The molecular weight excluding hydrogens is 494 g/mol. The fraction of sp³-hybridized carbons (Fsp3) is 0.188. The van der Waals surface area contributed by atoms with Gasteiger partial charge in [0, 0.05) is 12.3 Å². The van der Waals surface area contributed by atoms with Crippen LogP contribution in [0, 0.1) is 0 Å². The van der Waals surface area contributed by atoms with Gasteiger partial charge in [-0.1, -0.05) is 78.9 Å². The summed E-state index contributed by atoms with van der Waals surface area (Å²) in [6.07, 6.45) is -0.641. The highest BCUT2D eigenvalue weighted by molar-refractivity contribution is 5.81. The van der Waals surface area contributed by atoms with Crippen LogP contribution in [-0.4, -0.2) is 44.0 Å². The molecule has 0 saturated carbocycles. The van der Waals surface area contributed by atoms with E-state index in [0.717, 1.165) is 38.9 Å². The van der Waals surface area contributed by atoms with E-state index in [1.165, 1.54) is 0 Å². The minimum atomic E-state index is -1.13. The van der Waals surface area contributed by atoms with Crippen LogP contribution < -0.4 is 14.8 Å². The van der Waals surface area contributed by atoms with E-state index in [0.29, 0.717) is 11.5 Å². The number of hydrogen-bond acceptors (Lipinski definition) is 5. The van der Waals surface area contributed by atoms with Crippen LogP contribution in [0.2, 0.25) is 0 Å². The molecule has 1 aliphatic carbocycles. The summed E-state index contributed by atoms with van der Waals surface area (Å²) in [6, 6.07) is 28.1. The predicted molar refractivity (Wildman–Crippen MR) is 148 cm³/mol. The standard InChI is InChI=1S/C32H29NO6/c1-37-29-16-15-22(18-30(29)38-2)21-13-11-20(12-14-21)17-28(31(34)35)33-32(36)39-19-27-25-9-5-3-7-23(25)24-8-4-6-10-26(24)27/h3-16,18,27-28H,17,19H2,1-2H3,(H,33,36)(H,34,35)/t28-/m0/s1. The van der Waals surface area contributed by atoms with Crippen LogP contribution in [0.25, 0.3) is 22.3 Å². The number of nitrogens with one attached hydrogen (secondary N) is 1. The highest BCUT2D eigenvalue weighted by Crippen LogP contribution is 2.44. The van der Waals surface area contributed by atoms with Crippen LogP contribution in [-0.2, 0) is 16.0 Å². The molecule has 0 aliphatic heterocycles. The largest absolute Gasteiger partial charge is 0.493 e. The van der Waals surface area contributed by atoms with Gasteiger partial charge in [0.1, 0.15) is 12.6 Å². The number of carbonyl (C=O) groups is 2. The molecule has 0 bridgehead atoms. The lowest BCUT2D eigenvalue weighted by Crippen LogP contribution is -2.42. The Hall–Kier alpha value is -4.78. The SMILES string of the molecule is COc1ccc(-c2ccc(C[C@H](NC(=O)OCC3c4ccccc4-c4ccccc43)C(=O)O)cc2)cc1OC. The van der Waals surface area contributed by atoms with Crippen molar-refractivity contribution in [1.82, 2.24) is 5.32 Å². The molecule has 0 radical (unpaired) electrons. The number of carbonyl (C=O) groups excluding carboxylic acids is 1. The molecule has 5 rings (SSSR count). The lowest BCUT2D eigenvalue weighted by Gasteiger charge is -2.18. The number of benzene rings is 4. The van der Waals surface area contributed by atoms with E-state index >= 15 is 0 Å². The Bertz CT molecular complexity index is 1450. The molecule has 0 saturated heterocycles. The molecule has 1 amide bonds. The molecule has 4 aromatic rings. The third-order valence-corrected chi connectivity index (χ3v) is 7.04. The van der Waals surface area contributed by atoms with Crippen molar-refractivity contribution in [3.63, 3.8) is 0 Å². The van der Waals surface area contributed by atoms with Crippen molar-refractivity contribution >= 4 is 12.1 Å². The second-order valence-electron chi connectivity index (χ2n) is 9.33. The molecule has 7 heteroatoms. The Kier molecular flexibility index (Phi) is 7.50. The number of ether oxygens (including phenoxy) is 3. The van der Waals surface area contributed by atoms with Crippen molar-refractivity contribution in [2.24, 2.45) is 0 Å². The highest BCUT2D eigenvalue weighted by Gasteiger charge is 2.29. The molecule has 0 unspecified atom stereocenters. The van der Waals surface area contributed by atoms with Gasteiger partial charge in [-0.2, -0.15) is 0 Å². The predicted octanol–water partition coefficient (Wildman–Crippen LogP) is 5.91. The molecule has 1 aliphatic rings. The first-order valence-corrected chi connectivity index (χ1v) is 12.6. The maximum atomic E-state index is 12.7. The minimum absolute atomic E-state index is 0.101. The minimum Gasteiger partial charge on any atom is -0.493 e. The quantitative estimate of drug-likeness (QED) is 0.284. The van der Waals surface area contributed by atoms with Crippen LogP contribution in [0.1, 0.15) is 22.6 Å². The molecule has 198 valence electrons. The van der Waals surface area contributed by atoms with Crippen LogP contribution in [0.4, 0.5) is 4.79 Å². The van der Waals surface area contributed by atoms with E-state index in [2.05, 4.69) is 17.4 Å². The Morgan fingerprint density at radius 2 is 1.38 bits per heavy atom. The number of fused-ring (bicyclic) bond motifs is 3. The maximum absolute atomic E-state index is 12.7. The zero-order chi connectivity index (χ0) is 27.4. The third kappa shape index (κ3) is 5.43. The van der Waals surface area contributed by atoms with Gasteiger partial charge in [0.05, 0.1) is 14.2 Å². The fourth-order valence-corrected chi connectivity index (χ4v) is 5.07. The van der Waals surface area contributed by atoms with Gasteiger partial charge in [-0.3, -0.25) is 0 Å². The van der Waals surface area contributed by atoms with E-state index in [-0.39, 0.29) is 18.9 Å². The number of rotatable bonds is 9. The van der Waals surface area contributed by atoms with Gasteiger partial charge in [-0.15, -0.1) is 0 Å². The van der Waals surface area contributed by atoms with Crippen molar-refractivity contribution < 1.29 is 28.9 Å². The molecule has 0 heterocycles. The Balaban J connectivity index is 1.23. The normalized spacial score (nSPS) is 12.7. The number of alkyl carbamates (subject to hydrolysis) is 1. The smallest absolute Gasteiger partial charge is 0.407 e. The van der Waals surface area contributed by atoms with Gasteiger partial charge in [0.15, 0.2) is 11.5 Å². The second kappa shape index (κ2) is 11.3. The molecule has 0 fully saturated rings. The monoisotopic (exact) mass is 523 g/mol. The second-order valence-corrected chi connectivity index (χ2v) is 9.33. The van der Waals surface area contributed by atoms with Gasteiger partial charge >= 0.3 is 12.1 Å². The van der Waals surface area contributed by atoms with Crippen molar-refractivity contribution in [3.8, 4) is 33.8 Å². The van der Waals surface area contributed by atoms with Crippen LogP contribution >= 0.6 is 0 Å². The molecule has 7 nitrogen and oxygen atoms in total. The molecular formula is C32H29NO6. The van der Waals surface area contributed by atoms with Crippen molar-refractivity contribution in [2.45, 2.75) is 18.4 Å². The number of amides is 1. The first-order chi connectivity index (χ1) is 19.0. The van der Waals surface area contributed by atoms with Crippen molar-refractivity contribution in [1.29, 1.82) is 0 Å². The van der Waals surface area contributed by atoms with E-state index < -0.39 is 18.1 Å². The molecule has 4 aromatic carbocycles. The summed E-state index contributed by atoms with van der Waals surface area (Å²) >= 11 is 0. The van der Waals surface area contributed by atoms with Gasteiger partial charge in [-0.25, -0.2) is 9.59 Å². The first-order valence-electron chi connectivity index (χ1n) is 12.6. The zero-order valence-corrected chi connectivity index (χ0v) is 21.7. The van der Waals surface area contributed by atoms with E-state index in [4.69, 9.17) is 14.2 Å². The average molecular weight is 524 g/mol. The van der Waals surface area contributed by atoms with Crippen LogP contribution in [0.5, 0.6) is 11.5 Å². The molecule has 1 atom stereocenters. The summed E-state index contributed by atoms with van der Waals surface area (Å²) in [5.74, 6) is 0.0295. The number of carboxylic acids is 1. The summed E-state index contributed by atoms with van der Waals surface area (Å²) in [4.78, 5) is 24.6. The number of hydrogen-bond donors (Lipinski definition) is 2. The Morgan fingerprint density at radius 1 is 0.795 bits per heavy atom. The van der Waals surface area contributed by atoms with Crippen LogP contribution in [0.3, 0.4) is 0 Å². The van der Waals surface area contributed by atoms with Gasteiger partial charge in [-0.05, 0) is 51.1 Å². The number of aliphatic carboxylic acids is 1. The molecule has 0 spiro atoms. The molecule has 2 N–H and O–H groups in total. The maximum Gasteiger partial charge on any atom is 0.407 e. The van der Waals surface area contributed by atoms with Crippen molar-refractivity contribution in [3.05, 3.63) is 108 Å². The molecule has 0 aromatic heterocycles. The topological polar surface area (TPSA) is 94.1 Å². The summed E-state index contributed by atoms with van der Waals surface area (Å²) in [6.45, 7) is 0.117. The number of carboxylic acid groups (broad SMARTS) is 1. The van der Waals surface area contributed by atoms with Crippen molar-refractivity contribution in [2.75, 3.05) is 20.8 Å². The van der Waals surface area contributed by atoms with Gasteiger partial charge in [0.25, 0.3) is 0 Å². The Labute approximate surface area is 227 Å². The first kappa shape index (κ1) is 25.9. The lowest BCUT2D eigenvalue weighted by molar-refractivity contribution is -0.139. The van der Waals surface area contributed by atoms with Gasteiger partial charge < -0.3 is 24.6 Å². The average Bonchev–Trinajstić information content (AvgIpc) is 3.29.